The number of hydrogen-bond donors (Lipinski definition) is 2. The number of hydrogen-bond acceptors (Lipinski definition) is 7. The number of anilines is 2. The van der Waals surface area contributed by atoms with E-state index in [1.807, 2.05) is 18.2 Å². The Morgan fingerprint density at radius 2 is 2.00 bits per heavy atom. The number of para-hydroxylation sites is 1. The van der Waals surface area contributed by atoms with E-state index in [-0.39, 0.29) is 19.1 Å². The van der Waals surface area contributed by atoms with Crippen molar-refractivity contribution in [1.29, 1.82) is 0 Å². The second-order valence-electron chi connectivity index (χ2n) is 6.07. The van der Waals surface area contributed by atoms with Crippen LogP contribution in [0.2, 0.25) is 0 Å². The molecule has 144 valence electrons. The highest BCUT2D eigenvalue weighted by atomic mass is 32.2. The molecule has 2 amide bonds. The van der Waals surface area contributed by atoms with Crippen LogP contribution >= 0.6 is 11.8 Å². The van der Waals surface area contributed by atoms with E-state index in [1.54, 1.807) is 24.3 Å². The van der Waals surface area contributed by atoms with E-state index in [0.29, 0.717) is 17.2 Å². The molecule has 2 aliphatic rings. The first-order valence-electron chi connectivity index (χ1n) is 8.50. The lowest BCUT2D eigenvalue weighted by molar-refractivity contribution is -0.147. The van der Waals surface area contributed by atoms with Crippen LogP contribution in [0, 0.1) is 0 Å². The zero-order valence-corrected chi connectivity index (χ0v) is 15.4. The summed E-state index contributed by atoms with van der Waals surface area (Å²) in [5.41, 5.74) is 1.23. The van der Waals surface area contributed by atoms with Crippen molar-refractivity contribution in [3.05, 3.63) is 42.5 Å². The van der Waals surface area contributed by atoms with Crippen LogP contribution in [-0.2, 0) is 19.1 Å². The van der Waals surface area contributed by atoms with E-state index < -0.39 is 23.7 Å². The summed E-state index contributed by atoms with van der Waals surface area (Å²) in [7, 11) is 0. The first kappa shape index (κ1) is 18.2. The third kappa shape index (κ3) is 4.04. The van der Waals surface area contributed by atoms with Gasteiger partial charge in [-0.3, -0.25) is 14.4 Å². The number of ether oxygens (including phenoxy) is 3. The van der Waals surface area contributed by atoms with Crippen molar-refractivity contribution in [1.82, 2.24) is 0 Å². The molecule has 2 aromatic carbocycles. The van der Waals surface area contributed by atoms with Crippen LogP contribution in [0.25, 0.3) is 0 Å². The van der Waals surface area contributed by atoms with Crippen LogP contribution < -0.4 is 20.1 Å². The van der Waals surface area contributed by atoms with Gasteiger partial charge in [0.15, 0.2) is 18.1 Å². The second kappa shape index (κ2) is 7.81. The van der Waals surface area contributed by atoms with Gasteiger partial charge in [-0.2, -0.15) is 0 Å². The summed E-state index contributed by atoms with van der Waals surface area (Å²) in [6.45, 7) is -0.301. The standard InChI is InChI=1S/C19H16N2O6S/c22-17(20-11-5-6-13-14(7-11)27-10-26-13)9-25-18(23)8-16-19(24)21-12-3-1-2-4-15(12)28-16/h1-7,16H,8-10H2,(H,20,22)(H,21,24)/t16-/m0/s1. The van der Waals surface area contributed by atoms with Crippen molar-refractivity contribution in [3.63, 3.8) is 0 Å². The maximum atomic E-state index is 12.1. The Kier molecular flexibility index (Phi) is 5.07. The number of fused-ring (bicyclic) bond motifs is 2. The molecule has 0 saturated heterocycles. The topological polar surface area (TPSA) is 103 Å². The molecule has 0 radical (unpaired) electrons. The van der Waals surface area contributed by atoms with E-state index in [1.165, 1.54) is 11.8 Å². The Morgan fingerprint density at radius 3 is 2.89 bits per heavy atom. The summed E-state index contributed by atoms with van der Waals surface area (Å²) >= 11 is 1.30. The van der Waals surface area contributed by atoms with Crippen molar-refractivity contribution in [2.45, 2.75) is 16.6 Å². The molecule has 2 heterocycles. The smallest absolute Gasteiger partial charge is 0.307 e. The molecule has 9 heteroatoms. The summed E-state index contributed by atoms with van der Waals surface area (Å²) in [6, 6.07) is 12.3. The van der Waals surface area contributed by atoms with Crippen LogP contribution in [0.4, 0.5) is 11.4 Å². The molecule has 0 saturated carbocycles. The third-order valence-corrected chi connectivity index (χ3v) is 5.35. The molecule has 0 bridgehead atoms. The lowest BCUT2D eigenvalue weighted by atomic mass is 10.2. The molecule has 28 heavy (non-hydrogen) atoms. The molecule has 2 aromatic rings. The summed E-state index contributed by atoms with van der Waals surface area (Å²) in [4.78, 5) is 37.1. The highest BCUT2D eigenvalue weighted by Gasteiger charge is 2.29. The van der Waals surface area contributed by atoms with E-state index in [2.05, 4.69) is 10.6 Å². The van der Waals surface area contributed by atoms with Crippen molar-refractivity contribution in [2.24, 2.45) is 0 Å². The van der Waals surface area contributed by atoms with Crippen LogP contribution in [0.15, 0.2) is 47.4 Å². The summed E-state index contributed by atoms with van der Waals surface area (Å²) in [5.74, 6) is -0.221. The molecular weight excluding hydrogens is 384 g/mol. The minimum atomic E-state index is -0.618. The molecule has 2 aliphatic heterocycles. The van der Waals surface area contributed by atoms with Gasteiger partial charge >= 0.3 is 5.97 Å². The van der Waals surface area contributed by atoms with Gasteiger partial charge in [0.25, 0.3) is 5.91 Å². The molecule has 8 nitrogen and oxygen atoms in total. The van der Waals surface area contributed by atoms with Crippen LogP contribution in [-0.4, -0.2) is 36.4 Å². The predicted octanol–water partition coefficient (Wildman–Crippen LogP) is 2.40. The summed E-state index contributed by atoms with van der Waals surface area (Å²) in [5, 5.41) is 4.78. The molecule has 0 unspecified atom stereocenters. The Bertz CT molecular complexity index is 948. The summed E-state index contributed by atoms with van der Waals surface area (Å²) in [6.07, 6.45) is -0.123. The van der Waals surface area contributed by atoms with Gasteiger partial charge in [0, 0.05) is 16.6 Å². The van der Waals surface area contributed by atoms with Gasteiger partial charge < -0.3 is 24.8 Å². The number of carbonyl (C=O) groups is 3. The van der Waals surface area contributed by atoms with Gasteiger partial charge in [-0.25, -0.2) is 0 Å². The Morgan fingerprint density at radius 1 is 1.18 bits per heavy atom. The van der Waals surface area contributed by atoms with E-state index in [0.717, 1.165) is 10.6 Å². The van der Waals surface area contributed by atoms with Gasteiger partial charge in [-0.05, 0) is 24.3 Å². The van der Waals surface area contributed by atoms with Crippen LogP contribution in [0.3, 0.4) is 0 Å². The molecule has 4 rings (SSSR count). The lowest BCUT2D eigenvalue weighted by Gasteiger charge is -2.23. The maximum absolute atomic E-state index is 12.1. The minimum absolute atomic E-state index is 0.123. The van der Waals surface area contributed by atoms with Crippen molar-refractivity contribution in [2.75, 3.05) is 24.0 Å². The number of rotatable bonds is 5. The minimum Gasteiger partial charge on any atom is -0.456 e. The number of esters is 1. The fraction of sp³-hybridized carbons (Fsp3) is 0.211. The second-order valence-corrected chi connectivity index (χ2v) is 7.32. The molecule has 0 fully saturated rings. The molecule has 0 aliphatic carbocycles. The van der Waals surface area contributed by atoms with Crippen molar-refractivity contribution < 1.29 is 28.6 Å². The largest absolute Gasteiger partial charge is 0.456 e. The first-order valence-corrected chi connectivity index (χ1v) is 9.38. The molecule has 0 aromatic heterocycles. The van der Waals surface area contributed by atoms with E-state index in [4.69, 9.17) is 14.2 Å². The number of nitrogens with one attached hydrogen (secondary N) is 2. The number of benzene rings is 2. The Balaban J connectivity index is 1.26. The zero-order chi connectivity index (χ0) is 19.5. The molecular formula is C19H16N2O6S. The first-order chi connectivity index (χ1) is 13.6. The number of amides is 2. The Labute approximate surface area is 164 Å². The average Bonchev–Trinajstić information content (AvgIpc) is 3.15. The van der Waals surface area contributed by atoms with Gasteiger partial charge in [0.05, 0.1) is 17.4 Å². The van der Waals surface area contributed by atoms with Gasteiger partial charge in [0.2, 0.25) is 12.7 Å². The Hall–Kier alpha value is -3.20. The highest BCUT2D eigenvalue weighted by Crippen LogP contribution is 2.37. The van der Waals surface area contributed by atoms with Gasteiger partial charge in [-0.1, -0.05) is 12.1 Å². The highest BCUT2D eigenvalue weighted by molar-refractivity contribution is 8.01. The maximum Gasteiger partial charge on any atom is 0.307 e. The SMILES string of the molecule is O=C(COC(=O)C[C@@H]1Sc2ccccc2NC1=O)Nc1ccc2c(c1)OCO2. The van der Waals surface area contributed by atoms with Crippen LogP contribution in [0.5, 0.6) is 11.5 Å². The third-order valence-electron chi connectivity index (χ3n) is 4.08. The van der Waals surface area contributed by atoms with E-state index >= 15 is 0 Å². The molecule has 1 atom stereocenters. The number of carbonyl (C=O) groups excluding carboxylic acids is 3. The average molecular weight is 400 g/mol. The van der Waals surface area contributed by atoms with Gasteiger partial charge in [0.1, 0.15) is 0 Å². The quantitative estimate of drug-likeness (QED) is 0.743. The normalized spacial score (nSPS) is 16.7. The fourth-order valence-corrected chi connectivity index (χ4v) is 3.85. The lowest BCUT2D eigenvalue weighted by Crippen LogP contribution is -2.32. The predicted molar refractivity (Wildman–Crippen MR) is 101 cm³/mol. The summed E-state index contributed by atoms with van der Waals surface area (Å²) < 4.78 is 15.4. The molecule has 0 spiro atoms. The van der Waals surface area contributed by atoms with Crippen molar-refractivity contribution >= 4 is 40.9 Å². The van der Waals surface area contributed by atoms with Gasteiger partial charge in [-0.15, -0.1) is 11.8 Å². The molecule has 2 N–H and O–H groups in total. The van der Waals surface area contributed by atoms with Crippen molar-refractivity contribution in [3.8, 4) is 11.5 Å². The monoisotopic (exact) mass is 400 g/mol. The number of thioether (sulfide) groups is 1. The fourth-order valence-electron chi connectivity index (χ4n) is 2.75. The van der Waals surface area contributed by atoms with E-state index in [9.17, 15) is 14.4 Å². The zero-order valence-electron chi connectivity index (χ0n) is 14.6. The van der Waals surface area contributed by atoms with Crippen LogP contribution in [0.1, 0.15) is 6.42 Å².